The van der Waals surface area contributed by atoms with E-state index in [0.29, 0.717) is 10.0 Å². The van der Waals surface area contributed by atoms with Gasteiger partial charge in [-0.15, -0.1) is 0 Å². The molecule has 17 heavy (non-hydrogen) atoms. The minimum atomic E-state index is -0.477. The molecule has 0 N–H and O–H groups in total. The van der Waals surface area contributed by atoms with Gasteiger partial charge in [-0.3, -0.25) is 14.9 Å². The maximum absolute atomic E-state index is 12.1. The Bertz CT molecular complexity index is 470. The van der Waals surface area contributed by atoms with Crippen LogP contribution in [-0.4, -0.2) is 28.8 Å². The quantitative estimate of drug-likeness (QED) is 0.623. The molecular formula is C11H11BrN2O3. The monoisotopic (exact) mass is 298 g/mol. The van der Waals surface area contributed by atoms with Crippen molar-refractivity contribution in [3.8, 4) is 0 Å². The van der Waals surface area contributed by atoms with E-state index >= 15 is 0 Å². The third-order valence-electron chi connectivity index (χ3n) is 2.79. The van der Waals surface area contributed by atoms with Gasteiger partial charge in [0.2, 0.25) is 0 Å². The Morgan fingerprint density at radius 1 is 1.35 bits per heavy atom. The van der Waals surface area contributed by atoms with Crippen LogP contribution < -0.4 is 0 Å². The van der Waals surface area contributed by atoms with Crippen molar-refractivity contribution in [1.29, 1.82) is 0 Å². The Balaban J connectivity index is 2.26. The summed E-state index contributed by atoms with van der Waals surface area (Å²) in [5.74, 6) is -0.0655. The highest BCUT2D eigenvalue weighted by molar-refractivity contribution is 9.10. The number of nitrogens with zero attached hydrogens (tertiary/aromatic N) is 2. The molecule has 0 bridgehead atoms. The normalized spacial score (nSPS) is 15.0. The number of carbonyl (C=O) groups is 1. The molecule has 90 valence electrons. The molecule has 1 aromatic rings. The lowest BCUT2D eigenvalue weighted by molar-refractivity contribution is -0.384. The van der Waals surface area contributed by atoms with Crippen LogP contribution in [0.5, 0.6) is 0 Å². The van der Waals surface area contributed by atoms with E-state index in [1.165, 1.54) is 18.2 Å². The van der Waals surface area contributed by atoms with E-state index in [4.69, 9.17) is 0 Å². The largest absolute Gasteiger partial charge is 0.339 e. The van der Waals surface area contributed by atoms with Gasteiger partial charge in [-0.2, -0.15) is 0 Å². The van der Waals surface area contributed by atoms with Crippen LogP contribution in [0.4, 0.5) is 5.69 Å². The molecule has 0 unspecified atom stereocenters. The van der Waals surface area contributed by atoms with Crippen LogP contribution in [0.15, 0.2) is 22.7 Å². The van der Waals surface area contributed by atoms with E-state index in [1.807, 2.05) is 0 Å². The molecule has 0 radical (unpaired) electrons. The van der Waals surface area contributed by atoms with Crippen LogP contribution in [0.2, 0.25) is 0 Å². The number of benzene rings is 1. The van der Waals surface area contributed by atoms with Crippen LogP contribution in [0.1, 0.15) is 23.2 Å². The predicted octanol–water partition coefficient (Wildman–Crippen LogP) is 2.59. The van der Waals surface area contributed by atoms with Gasteiger partial charge in [-0.05, 0) is 34.8 Å². The zero-order chi connectivity index (χ0) is 12.4. The Labute approximate surface area is 107 Å². The molecule has 1 amide bonds. The van der Waals surface area contributed by atoms with Crippen molar-refractivity contribution in [3.05, 3.63) is 38.3 Å². The highest BCUT2D eigenvalue weighted by Crippen LogP contribution is 2.25. The van der Waals surface area contributed by atoms with Crippen LogP contribution in [0.3, 0.4) is 0 Å². The van der Waals surface area contributed by atoms with E-state index in [-0.39, 0.29) is 11.6 Å². The molecule has 0 saturated carbocycles. The minimum Gasteiger partial charge on any atom is -0.339 e. The third-order valence-corrected chi connectivity index (χ3v) is 3.44. The van der Waals surface area contributed by atoms with Gasteiger partial charge in [0.05, 0.1) is 10.5 Å². The number of nitro benzene ring substituents is 1. The number of carbonyl (C=O) groups excluding carboxylic acids is 1. The van der Waals surface area contributed by atoms with Gasteiger partial charge in [0.1, 0.15) is 0 Å². The topological polar surface area (TPSA) is 63.4 Å². The van der Waals surface area contributed by atoms with E-state index in [1.54, 1.807) is 4.90 Å². The highest BCUT2D eigenvalue weighted by atomic mass is 79.9. The number of amides is 1. The number of nitro groups is 1. The number of likely N-dealkylation sites (tertiary alicyclic amines) is 1. The summed E-state index contributed by atoms with van der Waals surface area (Å²) in [6.45, 7) is 1.53. The molecule has 0 spiro atoms. The number of hydrogen-bond acceptors (Lipinski definition) is 3. The van der Waals surface area contributed by atoms with E-state index < -0.39 is 4.92 Å². The molecule has 0 atom stereocenters. The van der Waals surface area contributed by atoms with E-state index in [0.717, 1.165) is 25.9 Å². The van der Waals surface area contributed by atoms with Crippen molar-refractivity contribution < 1.29 is 9.72 Å². The summed E-state index contributed by atoms with van der Waals surface area (Å²) in [4.78, 5) is 23.9. The van der Waals surface area contributed by atoms with Gasteiger partial charge in [0.15, 0.2) is 0 Å². The number of halogens is 1. The van der Waals surface area contributed by atoms with Gasteiger partial charge in [-0.25, -0.2) is 0 Å². The van der Waals surface area contributed by atoms with Gasteiger partial charge in [-0.1, -0.05) is 0 Å². The first kappa shape index (κ1) is 12.0. The molecule has 1 fully saturated rings. The van der Waals surface area contributed by atoms with Crippen molar-refractivity contribution in [2.75, 3.05) is 13.1 Å². The maximum Gasteiger partial charge on any atom is 0.270 e. The number of hydrogen-bond donors (Lipinski definition) is 0. The highest BCUT2D eigenvalue weighted by Gasteiger charge is 2.22. The van der Waals surface area contributed by atoms with Crippen molar-refractivity contribution in [2.24, 2.45) is 0 Å². The zero-order valence-corrected chi connectivity index (χ0v) is 10.6. The zero-order valence-electron chi connectivity index (χ0n) is 9.06. The molecule has 2 rings (SSSR count). The Hall–Kier alpha value is -1.43. The second kappa shape index (κ2) is 4.83. The first-order valence-corrected chi connectivity index (χ1v) is 6.12. The smallest absolute Gasteiger partial charge is 0.270 e. The molecule has 1 heterocycles. The van der Waals surface area contributed by atoms with Gasteiger partial charge in [0, 0.05) is 29.7 Å². The molecule has 0 aliphatic carbocycles. The first-order chi connectivity index (χ1) is 8.09. The summed E-state index contributed by atoms with van der Waals surface area (Å²) in [5, 5.41) is 10.6. The lowest BCUT2D eigenvalue weighted by Gasteiger charge is -2.15. The van der Waals surface area contributed by atoms with Crippen LogP contribution in [0, 0.1) is 10.1 Å². The fourth-order valence-corrected chi connectivity index (χ4v) is 2.42. The van der Waals surface area contributed by atoms with Crippen LogP contribution in [0.25, 0.3) is 0 Å². The fraction of sp³-hybridized carbons (Fsp3) is 0.364. The van der Waals surface area contributed by atoms with Gasteiger partial charge >= 0.3 is 0 Å². The molecule has 1 saturated heterocycles. The molecule has 0 aromatic heterocycles. The second-order valence-electron chi connectivity index (χ2n) is 3.92. The summed E-state index contributed by atoms with van der Waals surface area (Å²) in [5.41, 5.74) is 0.465. The molecule has 1 aliphatic rings. The van der Waals surface area contributed by atoms with Crippen molar-refractivity contribution in [1.82, 2.24) is 4.90 Å². The van der Waals surface area contributed by atoms with E-state index in [9.17, 15) is 14.9 Å². The number of rotatable bonds is 2. The second-order valence-corrected chi connectivity index (χ2v) is 4.77. The Morgan fingerprint density at radius 2 is 2.00 bits per heavy atom. The molecule has 6 heteroatoms. The SMILES string of the molecule is O=C(c1ccc([N+](=O)[O-])cc1Br)N1CCCC1. The predicted molar refractivity (Wildman–Crippen MR) is 65.9 cm³/mol. The average molecular weight is 299 g/mol. The lowest BCUT2D eigenvalue weighted by atomic mass is 10.2. The minimum absolute atomic E-state index is 0.0187. The molecular weight excluding hydrogens is 288 g/mol. The Morgan fingerprint density at radius 3 is 2.53 bits per heavy atom. The van der Waals surface area contributed by atoms with Crippen LogP contribution >= 0.6 is 15.9 Å². The standard InChI is InChI=1S/C11H11BrN2O3/c12-10-7-8(14(16)17)3-4-9(10)11(15)13-5-1-2-6-13/h3-4,7H,1-2,5-6H2. The van der Waals surface area contributed by atoms with Crippen molar-refractivity contribution in [3.63, 3.8) is 0 Å². The summed E-state index contributed by atoms with van der Waals surface area (Å²) >= 11 is 3.21. The first-order valence-electron chi connectivity index (χ1n) is 5.33. The Kier molecular flexibility index (Phi) is 3.42. The maximum atomic E-state index is 12.1. The summed E-state index contributed by atoms with van der Waals surface area (Å²) in [7, 11) is 0. The molecule has 1 aliphatic heterocycles. The molecule has 1 aromatic carbocycles. The number of non-ortho nitro benzene ring substituents is 1. The van der Waals surface area contributed by atoms with Gasteiger partial charge in [0.25, 0.3) is 11.6 Å². The van der Waals surface area contributed by atoms with E-state index in [2.05, 4.69) is 15.9 Å². The van der Waals surface area contributed by atoms with Crippen molar-refractivity contribution in [2.45, 2.75) is 12.8 Å². The average Bonchev–Trinajstić information content (AvgIpc) is 2.81. The van der Waals surface area contributed by atoms with Gasteiger partial charge < -0.3 is 4.90 Å². The molecule has 5 nitrogen and oxygen atoms in total. The van der Waals surface area contributed by atoms with Crippen molar-refractivity contribution >= 4 is 27.5 Å². The third kappa shape index (κ3) is 2.46. The summed E-state index contributed by atoms with van der Waals surface area (Å²) < 4.78 is 0.476. The van der Waals surface area contributed by atoms with Crippen LogP contribution in [-0.2, 0) is 0 Å². The summed E-state index contributed by atoms with van der Waals surface area (Å²) in [6.07, 6.45) is 2.05. The fourth-order valence-electron chi connectivity index (χ4n) is 1.88. The lowest BCUT2D eigenvalue weighted by Crippen LogP contribution is -2.27. The summed E-state index contributed by atoms with van der Waals surface area (Å²) in [6, 6.07) is 4.22.